The number of fused-ring (bicyclic) bond motifs is 2. The number of nitrogens with zero attached hydrogens (tertiary/aromatic N) is 2. The van der Waals surface area contributed by atoms with Gasteiger partial charge in [0.1, 0.15) is 11.6 Å². The maximum atomic E-state index is 13.4. The van der Waals surface area contributed by atoms with Crippen LogP contribution >= 0.6 is 11.6 Å². The first kappa shape index (κ1) is 34.1. The summed E-state index contributed by atoms with van der Waals surface area (Å²) in [6, 6.07) is 26.6. The van der Waals surface area contributed by atoms with Crippen molar-refractivity contribution in [1.82, 2.24) is 20.3 Å². The van der Waals surface area contributed by atoms with E-state index < -0.39 is 11.9 Å². The Morgan fingerprint density at radius 2 is 1.65 bits per heavy atom. The summed E-state index contributed by atoms with van der Waals surface area (Å²) < 4.78 is 0. The molecule has 0 unspecified atom stereocenters. The van der Waals surface area contributed by atoms with Gasteiger partial charge in [0.05, 0.1) is 27.7 Å². The average Bonchev–Trinajstić information content (AvgIpc) is 3.63. The maximum Gasteiger partial charge on any atom is 0.336 e. The van der Waals surface area contributed by atoms with Gasteiger partial charge in [0.25, 0.3) is 5.91 Å². The number of hydrogen-bond acceptors (Lipinski definition) is 7. The number of pyridine rings is 1. The number of nitrogens with one attached hydrogen (secondary N) is 3. The van der Waals surface area contributed by atoms with Crippen molar-refractivity contribution in [3.8, 4) is 39.7 Å². The largest absolute Gasteiger partial charge is 0.506 e. The summed E-state index contributed by atoms with van der Waals surface area (Å²) in [5, 5.41) is 32.0. The summed E-state index contributed by atoms with van der Waals surface area (Å²) in [5.74, 6) is -1.02. The van der Waals surface area contributed by atoms with Crippen molar-refractivity contribution in [1.29, 1.82) is 5.41 Å². The van der Waals surface area contributed by atoms with Crippen LogP contribution in [0.1, 0.15) is 43.0 Å². The van der Waals surface area contributed by atoms with Crippen molar-refractivity contribution in [3.05, 3.63) is 171 Å². The Hall–Kier alpha value is -7.04. The Bertz CT molecular complexity index is 2620. The number of aromatic amines is 1. The highest BCUT2D eigenvalue weighted by Crippen LogP contribution is 2.42. The molecular weight excluding hydrogens is 700 g/mol. The molecule has 2 heterocycles. The molecule has 0 bridgehead atoms. The minimum atomic E-state index is -1.16. The number of aromatic hydroxyl groups is 1. The summed E-state index contributed by atoms with van der Waals surface area (Å²) in [6.07, 6.45) is 9.28. The average molecular weight is 731 g/mol. The van der Waals surface area contributed by atoms with E-state index in [1.807, 2.05) is 54.6 Å². The molecule has 0 saturated heterocycles. The van der Waals surface area contributed by atoms with E-state index in [9.17, 15) is 19.8 Å². The zero-order valence-electron chi connectivity index (χ0n) is 28.5. The number of aromatic carboxylic acids is 1. The molecule has 10 nitrogen and oxygen atoms in total. The van der Waals surface area contributed by atoms with Gasteiger partial charge in [-0.2, -0.15) is 0 Å². The van der Waals surface area contributed by atoms with Crippen LogP contribution in [-0.4, -0.2) is 42.8 Å². The number of anilines is 1. The Balaban J connectivity index is 1.04. The number of rotatable bonds is 8. The molecule has 0 spiro atoms. The number of hydrogen-bond donors (Lipinski definition) is 6. The number of H-pyrrole nitrogens is 1. The van der Waals surface area contributed by atoms with Crippen molar-refractivity contribution < 1.29 is 19.8 Å². The normalized spacial score (nSPS) is 13.3. The molecule has 0 radical (unpaired) electrons. The van der Waals surface area contributed by atoms with Crippen molar-refractivity contribution in [2.24, 2.45) is 0 Å². The molecule has 0 saturated carbocycles. The van der Waals surface area contributed by atoms with Gasteiger partial charge in [-0.15, -0.1) is 0 Å². The summed E-state index contributed by atoms with van der Waals surface area (Å²) in [6.45, 7) is 0.202. The number of phenols is 1. The minimum absolute atomic E-state index is 0.00894. The van der Waals surface area contributed by atoms with Gasteiger partial charge in [0.2, 0.25) is 0 Å². The minimum Gasteiger partial charge on any atom is -0.506 e. The van der Waals surface area contributed by atoms with Crippen LogP contribution in [0.2, 0.25) is 5.02 Å². The molecular formula is C43H31ClN6O4. The van der Waals surface area contributed by atoms with Crippen LogP contribution < -0.4 is 11.1 Å². The van der Waals surface area contributed by atoms with Crippen LogP contribution in [0.3, 0.4) is 0 Å². The molecule has 2 aliphatic rings. The molecule has 6 aromatic rings. The molecule has 2 aliphatic carbocycles. The number of benzene rings is 4. The first-order valence-corrected chi connectivity index (χ1v) is 17.4. The summed E-state index contributed by atoms with van der Waals surface area (Å²) in [7, 11) is 0. The number of phenolic OH excluding ortho intramolecular Hbond substituents is 1. The number of carbonyl (C=O) groups is 2. The van der Waals surface area contributed by atoms with E-state index in [4.69, 9.17) is 27.7 Å². The third-order valence-corrected chi connectivity index (χ3v) is 9.83. The van der Waals surface area contributed by atoms with Crippen molar-refractivity contribution in [3.63, 3.8) is 0 Å². The predicted octanol–water partition coefficient (Wildman–Crippen LogP) is 8.25. The van der Waals surface area contributed by atoms with Gasteiger partial charge >= 0.3 is 5.97 Å². The van der Waals surface area contributed by atoms with Crippen LogP contribution in [0.4, 0.5) is 5.69 Å². The second-order valence-corrected chi connectivity index (χ2v) is 13.4. The number of halogens is 1. The highest BCUT2D eigenvalue weighted by atomic mass is 35.5. The number of amides is 1. The molecule has 7 N–H and O–H groups in total. The van der Waals surface area contributed by atoms with Gasteiger partial charge in [-0.25, -0.2) is 9.78 Å². The zero-order valence-corrected chi connectivity index (χ0v) is 29.3. The van der Waals surface area contributed by atoms with E-state index in [1.165, 1.54) is 6.07 Å². The number of carboxylic acid groups (broad SMARTS) is 1. The van der Waals surface area contributed by atoms with Gasteiger partial charge in [-0.05, 0) is 106 Å². The number of nitrogens with two attached hydrogens (primary N) is 1. The fourth-order valence-electron chi connectivity index (χ4n) is 6.88. The van der Waals surface area contributed by atoms with E-state index in [0.29, 0.717) is 40.5 Å². The van der Waals surface area contributed by atoms with Gasteiger partial charge in [-0.1, -0.05) is 60.1 Å². The number of carboxylic acids is 1. The van der Waals surface area contributed by atoms with E-state index in [2.05, 4.69) is 15.3 Å². The van der Waals surface area contributed by atoms with Crippen molar-refractivity contribution in [2.75, 3.05) is 5.73 Å². The monoisotopic (exact) mass is 730 g/mol. The van der Waals surface area contributed by atoms with Gasteiger partial charge < -0.3 is 31.7 Å². The number of carbonyl (C=O) groups excluding carboxylic acids is 1. The zero-order chi connectivity index (χ0) is 37.5. The molecule has 1 amide bonds. The first-order valence-electron chi connectivity index (χ1n) is 17.0. The summed E-state index contributed by atoms with van der Waals surface area (Å²) in [4.78, 5) is 38.5. The lowest BCUT2D eigenvalue weighted by molar-refractivity contribution is 0.0696. The molecule has 4 aromatic carbocycles. The lowest BCUT2D eigenvalue weighted by atomic mass is 9.76. The second-order valence-electron chi connectivity index (χ2n) is 13.0. The molecule has 8 rings (SSSR count). The molecule has 2 aromatic heterocycles. The maximum absolute atomic E-state index is 13.4. The van der Waals surface area contributed by atoms with E-state index >= 15 is 0 Å². The molecule has 0 aliphatic heterocycles. The lowest BCUT2D eigenvalue weighted by Gasteiger charge is -2.27. The predicted molar refractivity (Wildman–Crippen MR) is 209 cm³/mol. The van der Waals surface area contributed by atoms with Crippen LogP contribution in [0, 0.1) is 5.41 Å². The molecule has 0 fully saturated rings. The smallest absolute Gasteiger partial charge is 0.336 e. The molecule has 264 valence electrons. The molecule has 11 heteroatoms. The van der Waals surface area contributed by atoms with Gasteiger partial charge in [-0.3, -0.25) is 9.78 Å². The van der Waals surface area contributed by atoms with Crippen LogP contribution in [0.15, 0.2) is 133 Å². The molecule has 0 atom stereocenters. The number of allylic oxidation sites excluding steroid dienone is 5. The second kappa shape index (κ2) is 13.8. The summed E-state index contributed by atoms with van der Waals surface area (Å²) in [5.41, 5.74) is 16.6. The van der Waals surface area contributed by atoms with Gasteiger partial charge in [0.15, 0.2) is 0 Å². The number of imidazole rings is 1. The Kier molecular flexibility index (Phi) is 8.73. The highest BCUT2D eigenvalue weighted by Gasteiger charge is 2.28. The topological polar surface area (TPSA) is 178 Å². The van der Waals surface area contributed by atoms with E-state index in [-0.39, 0.29) is 28.4 Å². The fourth-order valence-corrected chi connectivity index (χ4v) is 7.00. The quantitative estimate of drug-likeness (QED) is 0.0854. The Labute approximate surface area is 314 Å². The van der Waals surface area contributed by atoms with Crippen LogP contribution in [0.5, 0.6) is 5.75 Å². The SMILES string of the molecule is N=C1C=CC2=C(c3ccc(C(=O)NCc4ccc(-c5nc(-c6ccc(Cl)c(O)c6)c(-c6ccncc6)[nH]5)cc4)cc3C(=O)O)c3ccc(N)cc3CC2=C1. The van der Waals surface area contributed by atoms with Crippen molar-refractivity contribution >= 4 is 40.4 Å². The van der Waals surface area contributed by atoms with E-state index in [1.54, 1.807) is 60.9 Å². The van der Waals surface area contributed by atoms with Crippen molar-refractivity contribution in [2.45, 2.75) is 13.0 Å². The third-order valence-electron chi connectivity index (χ3n) is 9.51. The Morgan fingerprint density at radius 3 is 2.41 bits per heavy atom. The fraction of sp³-hybridized carbons (Fsp3) is 0.0465. The van der Waals surface area contributed by atoms with Crippen LogP contribution in [-0.2, 0) is 13.0 Å². The Morgan fingerprint density at radius 1 is 0.889 bits per heavy atom. The number of aromatic nitrogens is 3. The molecule has 54 heavy (non-hydrogen) atoms. The van der Waals surface area contributed by atoms with E-state index in [0.717, 1.165) is 50.2 Å². The lowest BCUT2D eigenvalue weighted by Crippen LogP contribution is -2.23. The summed E-state index contributed by atoms with van der Waals surface area (Å²) >= 11 is 6.07. The number of nitrogen functional groups attached to an aromatic ring is 1. The first-order chi connectivity index (χ1) is 26.1. The highest BCUT2D eigenvalue weighted by molar-refractivity contribution is 6.32. The standard InChI is InChI=1S/C43H31ClN6O4/c44-36-12-6-26(21-37(36)51)40-39(24-13-15-47-16-14-24)49-41(50-40)25-3-1-23(2-4-25)22-48-42(52)27-5-9-34(35(20-27)43(53)54)38-32-10-7-30(45)18-28(32)17-29-19-31(46)8-11-33(29)38/h1-16,18-21,45,51H,17,22,46H2,(H,48,52)(H,49,50)(H,53,54). The van der Waals surface area contributed by atoms with Crippen LogP contribution in [0.25, 0.3) is 39.5 Å². The third kappa shape index (κ3) is 6.46. The van der Waals surface area contributed by atoms with Gasteiger partial charge in [0, 0.05) is 46.9 Å².